The Morgan fingerprint density at radius 3 is 3.00 bits per heavy atom. The molecule has 1 aliphatic heterocycles. The summed E-state index contributed by atoms with van der Waals surface area (Å²) in [5.41, 5.74) is 7.30. The second kappa shape index (κ2) is 5.27. The molecule has 0 radical (unpaired) electrons. The number of nitrogens with two attached hydrogens (primary N) is 1. The summed E-state index contributed by atoms with van der Waals surface area (Å²) in [5, 5.41) is 4.36. The Hall–Kier alpha value is -0.420. The van der Waals surface area contributed by atoms with E-state index in [1.807, 2.05) is 6.92 Å². The SMILES string of the molecule is CC(N)C1CN(C(C)c2ccsc2)CCO1. The number of thiophene rings is 1. The van der Waals surface area contributed by atoms with Crippen LogP contribution < -0.4 is 5.73 Å². The maximum absolute atomic E-state index is 5.90. The summed E-state index contributed by atoms with van der Waals surface area (Å²) in [4.78, 5) is 2.46. The first kappa shape index (κ1) is 12.0. The van der Waals surface area contributed by atoms with E-state index in [2.05, 4.69) is 28.7 Å². The zero-order valence-electron chi connectivity index (χ0n) is 9.93. The van der Waals surface area contributed by atoms with Crippen molar-refractivity contribution in [3.05, 3.63) is 22.4 Å². The van der Waals surface area contributed by atoms with Gasteiger partial charge in [0.2, 0.25) is 0 Å². The first-order chi connectivity index (χ1) is 7.68. The van der Waals surface area contributed by atoms with Crippen molar-refractivity contribution in [2.45, 2.75) is 32.0 Å². The van der Waals surface area contributed by atoms with E-state index in [1.165, 1.54) is 5.56 Å². The van der Waals surface area contributed by atoms with Crippen LogP contribution in [-0.2, 0) is 4.74 Å². The Morgan fingerprint density at radius 2 is 2.38 bits per heavy atom. The zero-order valence-corrected chi connectivity index (χ0v) is 10.7. The third-order valence-electron chi connectivity index (χ3n) is 3.28. The topological polar surface area (TPSA) is 38.5 Å². The zero-order chi connectivity index (χ0) is 11.5. The molecule has 0 aromatic carbocycles. The van der Waals surface area contributed by atoms with Gasteiger partial charge in [0.25, 0.3) is 0 Å². The van der Waals surface area contributed by atoms with Crippen molar-refractivity contribution < 1.29 is 4.74 Å². The predicted molar refractivity (Wildman–Crippen MR) is 67.7 cm³/mol. The monoisotopic (exact) mass is 240 g/mol. The van der Waals surface area contributed by atoms with Crippen molar-refractivity contribution in [3.8, 4) is 0 Å². The minimum Gasteiger partial charge on any atom is -0.374 e. The Morgan fingerprint density at radius 1 is 1.56 bits per heavy atom. The molecule has 2 heterocycles. The van der Waals surface area contributed by atoms with Gasteiger partial charge in [-0.1, -0.05) is 0 Å². The highest BCUT2D eigenvalue weighted by atomic mass is 32.1. The number of ether oxygens (including phenoxy) is 1. The Balaban J connectivity index is 1.99. The Labute approximate surface area is 101 Å². The molecule has 0 aliphatic carbocycles. The van der Waals surface area contributed by atoms with E-state index in [9.17, 15) is 0 Å². The molecule has 0 saturated carbocycles. The molecule has 3 atom stereocenters. The van der Waals surface area contributed by atoms with Crippen molar-refractivity contribution in [2.24, 2.45) is 5.73 Å². The second-order valence-electron chi connectivity index (χ2n) is 4.50. The summed E-state index contributed by atoms with van der Waals surface area (Å²) in [6, 6.07) is 2.78. The Kier molecular flexibility index (Phi) is 3.97. The van der Waals surface area contributed by atoms with E-state index in [1.54, 1.807) is 11.3 Å². The van der Waals surface area contributed by atoms with E-state index < -0.39 is 0 Å². The maximum atomic E-state index is 5.90. The molecule has 1 aromatic heterocycles. The lowest BCUT2D eigenvalue weighted by Crippen LogP contribution is -2.50. The first-order valence-electron chi connectivity index (χ1n) is 5.82. The van der Waals surface area contributed by atoms with Gasteiger partial charge < -0.3 is 10.5 Å². The van der Waals surface area contributed by atoms with Crippen molar-refractivity contribution in [1.29, 1.82) is 0 Å². The molecule has 3 unspecified atom stereocenters. The van der Waals surface area contributed by atoms with Gasteiger partial charge in [-0.25, -0.2) is 0 Å². The highest BCUT2D eigenvalue weighted by molar-refractivity contribution is 7.07. The quantitative estimate of drug-likeness (QED) is 0.876. The van der Waals surface area contributed by atoms with Crippen LogP contribution >= 0.6 is 11.3 Å². The molecule has 1 fully saturated rings. The highest BCUT2D eigenvalue weighted by Gasteiger charge is 2.26. The van der Waals surface area contributed by atoms with Gasteiger partial charge in [-0.2, -0.15) is 11.3 Å². The van der Waals surface area contributed by atoms with Crippen LogP contribution in [0.25, 0.3) is 0 Å². The van der Waals surface area contributed by atoms with Crippen LogP contribution in [0.2, 0.25) is 0 Å². The number of nitrogens with zero attached hydrogens (tertiary/aromatic N) is 1. The minimum atomic E-state index is 0.109. The molecule has 2 N–H and O–H groups in total. The van der Waals surface area contributed by atoms with Gasteiger partial charge in [-0.15, -0.1) is 0 Å². The van der Waals surface area contributed by atoms with Crippen LogP contribution in [0.15, 0.2) is 16.8 Å². The van der Waals surface area contributed by atoms with Crippen LogP contribution in [-0.4, -0.2) is 36.7 Å². The number of hydrogen-bond acceptors (Lipinski definition) is 4. The maximum Gasteiger partial charge on any atom is 0.0850 e. The van der Waals surface area contributed by atoms with Gasteiger partial charge in [0, 0.05) is 25.2 Å². The van der Waals surface area contributed by atoms with Crippen LogP contribution in [0, 0.1) is 0 Å². The lowest BCUT2D eigenvalue weighted by atomic mass is 10.1. The van der Waals surface area contributed by atoms with Crippen LogP contribution in [0.5, 0.6) is 0 Å². The molecule has 1 aromatic rings. The van der Waals surface area contributed by atoms with E-state index in [0.29, 0.717) is 6.04 Å². The summed E-state index contributed by atoms with van der Waals surface area (Å²) in [5.74, 6) is 0. The van der Waals surface area contributed by atoms with Gasteiger partial charge in [-0.3, -0.25) is 4.90 Å². The summed E-state index contributed by atoms with van der Waals surface area (Å²) in [7, 11) is 0. The molecule has 0 spiro atoms. The standard InChI is InChI=1S/C12H20N2OS/c1-9(13)12-7-14(4-5-15-12)10(2)11-3-6-16-8-11/h3,6,8-10,12H,4-5,7,13H2,1-2H3. The fourth-order valence-electron chi connectivity index (χ4n) is 2.09. The van der Waals surface area contributed by atoms with E-state index in [0.717, 1.165) is 19.7 Å². The molecule has 16 heavy (non-hydrogen) atoms. The van der Waals surface area contributed by atoms with Crippen molar-refractivity contribution in [3.63, 3.8) is 0 Å². The molecule has 2 rings (SSSR count). The number of morpholine rings is 1. The molecular weight excluding hydrogens is 220 g/mol. The van der Waals surface area contributed by atoms with Gasteiger partial charge in [0.05, 0.1) is 12.7 Å². The fraction of sp³-hybridized carbons (Fsp3) is 0.667. The first-order valence-corrected chi connectivity index (χ1v) is 6.76. The number of rotatable bonds is 3. The van der Waals surface area contributed by atoms with Gasteiger partial charge in [-0.05, 0) is 36.2 Å². The number of hydrogen-bond donors (Lipinski definition) is 1. The van der Waals surface area contributed by atoms with Crippen LogP contribution in [0.4, 0.5) is 0 Å². The lowest BCUT2D eigenvalue weighted by molar-refractivity contribution is -0.0497. The summed E-state index contributed by atoms with van der Waals surface area (Å²) in [6.07, 6.45) is 0.176. The Bertz CT molecular complexity index is 313. The smallest absolute Gasteiger partial charge is 0.0850 e. The molecule has 3 nitrogen and oxygen atoms in total. The van der Waals surface area contributed by atoms with E-state index in [4.69, 9.17) is 10.5 Å². The third-order valence-corrected chi connectivity index (χ3v) is 3.99. The van der Waals surface area contributed by atoms with E-state index in [-0.39, 0.29) is 12.1 Å². The van der Waals surface area contributed by atoms with Crippen molar-refractivity contribution in [2.75, 3.05) is 19.7 Å². The van der Waals surface area contributed by atoms with Gasteiger partial charge in [0.1, 0.15) is 0 Å². The second-order valence-corrected chi connectivity index (χ2v) is 5.28. The highest BCUT2D eigenvalue weighted by Crippen LogP contribution is 2.24. The molecule has 4 heteroatoms. The minimum absolute atomic E-state index is 0.109. The molecule has 1 saturated heterocycles. The third kappa shape index (κ3) is 2.63. The summed E-state index contributed by atoms with van der Waals surface area (Å²) in [6.45, 7) is 7.00. The fourth-order valence-corrected chi connectivity index (χ4v) is 2.84. The largest absolute Gasteiger partial charge is 0.374 e. The normalized spacial score (nSPS) is 26.6. The predicted octanol–water partition coefficient (Wildman–Crippen LogP) is 1.86. The van der Waals surface area contributed by atoms with Crippen molar-refractivity contribution in [1.82, 2.24) is 4.90 Å². The average molecular weight is 240 g/mol. The van der Waals surface area contributed by atoms with Crippen LogP contribution in [0.3, 0.4) is 0 Å². The van der Waals surface area contributed by atoms with Crippen molar-refractivity contribution >= 4 is 11.3 Å². The van der Waals surface area contributed by atoms with E-state index >= 15 is 0 Å². The summed E-state index contributed by atoms with van der Waals surface area (Å²) >= 11 is 1.76. The molecule has 90 valence electrons. The molecular formula is C12H20N2OS. The molecule has 0 bridgehead atoms. The lowest BCUT2D eigenvalue weighted by Gasteiger charge is -2.38. The van der Waals surface area contributed by atoms with Crippen LogP contribution in [0.1, 0.15) is 25.5 Å². The average Bonchev–Trinajstić information content (AvgIpc) is 2.81. The van der Waals surface area contributed by atoms with Gasteiger partial charge in [0.15, 0.2) is 0 Å². The molecule has 0 amide bonds. The van der Waals surface area contributed by atoms with Gasteiger partial charge >= 0.3 is 0 Å². The summed E-state index contributed by atoms with van der Waals surface area (Å²) < 4.78 is 5.67. The molecule has 1 aliphatic rings.